The van der Waals surface area contributed by atoms with Gasteiger partial charge >= 0.3 is 0 Å². The molecule has 2 aromatic heterocycles. The first kappa shape index (κ1) is 28.0. The van der Waals surface area contributed by atoms with Crippen LogP contribution in [0.15, 0.2) is 72.8 Å². The zero-order chi connectivity index (χ0) is 31.2. The summed E-state index contributed by atoms with van der Waals surface area (Å²) in [7, 11) is 0. The molecular formula is C38H20N6O. The topological polar surface area (TPSA) is 70.7 Å². The third-order valence-electron chi connectivity index (χ3n) is 6.60. The molecule has 0 aliphatic carbocycles. The van der Waals surface area contributed by atoms with E-state index in [9.17, 15) is 0 Å². The van der Waals surface area contributed by atoms with Gasteiger partial charge in [-0.2, -0.15) is 4.80 Å². The molecule has 6 rings (SSSR count). The Morgan fingerprint density at radius 2 is 1.04 bits per heavy atom. The summed E-state index contributed by atoms with van der Waals surface area (Å²) in [5.41, 5.74) is 7.34. The van der Waals surface area contributed by atoms with Crippen molar-refractivity contribution in [1.82, 2.24) is 30.0 Å². The molecule has 0 saturated carbocycles. The molecule has 2 heterocycles. The van der Waals surface area contributed by atoms with E-state index in [1.807, 2.05) is 86.6 Å². The van der Waals surface area contributed by atoms with Crippen LogP contribution in [0.5, 0.6) is 11.5 Å². The van der Waals surface area contributed by atoms with Gasteiger partial charge in [-0.15, -0.1) is 38.0 Å². The fraction of sp³-hybridized carbons (Fsp3) is 0.0526. The van der Waals surface area contributed by atoms with Crippen molar-refractivity contribution in [3.63, 3.8) is 0 Å². The Labute approximate surface area is 260 Å². The molecule has 0 fully saturated rings. The van der Waals surface area contributed by atoms with Gasteiger partial charge in [0.1, 0.15) is 39.3 Å². The number of benzene rings is 4. The molecule has 208 valence electrons. The fourth-order valence-electron chi connectivity index (χ4n) is 4.50. The summed E-state index contributed by atoms with van der Waals surface area (Å²) in [6.45, 7) is 3.89. The number of ether oxygens (including phenoxy) is 1. The number of terminal acetylenes is 2. The molecular weight excluding hydrogens is 556 g/mol. The SMILES string of the molecule is C#CC#CC#Cc1cc(-n2nc3ccccc3n2)c(C)cc1Oc1cc(C#CC#CC#C)c(-n2nc3ccccc3n2)cc1C. The lowest BCUT2D eigenvalue weighted by atomic mass is 10.1. The van der Waals surface area contributed by atoms with Crippen LogP contribution in [0, 0.1) is 85.9 Å². The van der Waals surface area contributed by atoms with Crippen LogP contribution in [0.4, 0.5) is 0 Å². The van der Waals surface area contributed by atoms with Crippen molar-refractivity contribution >= 4 is 22.1 Å². The third-order valence-corrected chi connectivity index (χ3v) is 6.60. The largest absolute Gasteiger partial charge is 0.456 e. The summed E-state index contributed by atoms with van der Waals surface area (Å²) in [5, 5.41) is 18.6. The third kappa shape index (κ3) is 5.93. The predicted octanol–water partition coefficient (Wildman–Crippen LogP) is 5.54. The molecule has 0 spiro atoms. The molecule has 4 aromatic carbocycles. The van der Waals surface area contributed by atoms with Crippen LogP contribution in [-0.4, -0.2) is 30.0 Å². The zero-order valence-electron chi connectivity index (χ0n) is 24.2. The van der Waals surface area contributed by atoms with Gasteiger partial charge in [-0.05, 0) is 127 Å². The van der Waals surface area contributed by atoms with E-state index in [0.29, 0.717) is 28.3 Å². The molecule has 6 aromatic rings. The quantitative estimate of drug-likeness (QED) is 0.258. The molecule has 0 radical (unpaired) electrons. The smallest absolute Gasteiger partial charge is 0.143 e. The highest BCUT2D eigenvalue weighted by atomic mass is 16.5. The number of nitrogens with zero attached hydrogens (tertiary/aromatic N) is 6. The van der Waals surface area contributed by atoms with E-state index in [1.165, 1.54) is 0 Å². The van der Waals surface area contributed by atoms with Crippen LogP contribution < -0.4 is 4.74 Å². The highest BCUT2D eigenvalue weighted by molar-refractivity contribution is 5.75. The van der Waals surface area contributed by atoms with Crippen molar-refractivity contribution in [2.45, 2.75) is 13.8 Å². The Hall–Kier alpha value is -7.16. The lowest BCUT2D eigenvalue weighted by Gasteiger charge is -2.15. The molecule has 7 heteroatoms. The van der Waals surface area contributed by atoms with Crippen molar-refractivity contribution in [3.8, 4) is 94.9 Å². The van der Waals surface area contributed by atoms with E-state index in [-0.39, 0.29) is 0 Å². The number of hydrogen-bond acceptors (Lipinski definition) is 5. The average molecular weight is 577 g/mol. The summed E-state index contributed by atoms with van der Waals surface area (Å²) < 4.78 is 6.52. The van der Waals surface area contributed by atoms with Crippen molar-refractivity contribution in [1.29, 1.82) is 0 Å². The Kier molecular flexibility index (Phi) is 7.69. The first-order valence-corrected chi connectivity index (χ1v) is 13.6. The van der Waals surface area contributed by atoms with E-state index < -0.39 is 0 Å². The molecule has 0 amide bonds. The van der Waals surface area contributed by atoms with Gasteiger partial charge in [-0.3, -0.25) is 0 Å². The van der Waals surface area contributed by atoms with Gasteiger partial charge in [0.25, 0.3) is 0 Å². The summed E-state index contributed by atoms with van der Waals surface area (Å²) in [6.07, 6.45) is 10.6. The fourth-order valence-corrected chi connectivity index (χ4v) is 4.50. The minimum absolute atomic E-state index is 0.507. The predicted molar refractivity (Wildman–Crippen MR) is 174 cm³/mol. The van der Waals surface area contributed by atoms with E-state index >= 15 is 0 Å². The van der Waals surface area contributed by atoms with Crippen LogP contribution in [0.2, 0.25) is 0 Å². The van der Waals surface area contributed by atoms with Crippen LogP contribution in [0.3, 0.4) is 0 Å². The van der Waals surface area contributed by atoms with Gasteiger partial charge in [0.2, 0.25) is 0 Å². The highest BCUT2D eigenvalue weighted by Crippen LogP contribution is 2.33. The summed E-state index contributed by atoms with van der Waals surface area (Å²) in [6, 6.07) is 22.8. The molecule has 7 nitrogen and oxygen atoms in total. The van der Waals surface area contributed by atoms with E-state index in [0.717, 1.165) is 38.9 Å². The van der Waals surface area contributed by atoms with Crippen molar-refractivity contribution in [2.75, 3.05) is 0 Å². The number of fused-ring (bicyclic) bond motifs is 2. The summed E-state index contributed by atoms with van der Waals surface area (Å²) in [4.78, 5) is 3.15. The maximum atomic E-state index is 6.52. The number of aromatic nitrogens is 6. The Bertz CT molecular complexity index is 2420. The summed E-state index contributed by atoms with van der Waals surface area (Å²) in [5.74, 6) is 27.7. The summed E-state index contributed by atoms with van der Waals surface area (Å²) >= 11 is 0. The molecule has 0 bridgehead atoms. The van der Waals surface area contributed by atoms with Gasteiger partial charge in [-0.1, -0.05) is 30.2 Å². The zero-order valence-corrected chi connectivity index (χ0v) is 24.2. The molecule has 0 unspecified atom stereocenters. The Morgan fingerprint density at radius 1 is 0.533 bits per heavy atom. The minimum atomic E-state index is 0.507. The van der Waals surface area contributed by atoms with Gasteiger partial charge in [0, 0.05) is 0 Å². The second kappa shape index (κ2) is 12.4. The molecule has 0 saturated heterocycles. The van der Waals surface area contributed by atoms with E-state index in [4.69, 9.17) is 17.6 Å². The second-order valence-corrected chi connectivity index (χ2v) is 9.62. The number of hydrogen-bond donors (Lipinski definition) is 0. The van der Waals surface area contributed by atoms with Gasteiger partial charge in [-0.25, -0.2) is 0 Å². The van der Waals surface area contributed by atoms with Crippen LogP contribution >= 0.6 is 0 Å². The van der Waals surface area contributed by atoms with Gasteiger partial charge < -0.3 is 4.74 Å². The minimum Gasteiger partial charge on any atom is -0.456 e. The molecule has 0 aliphatic rings. The highest BCUT2D eigenvalue weighted by Gasteiger charge is 2.16. The molecule has 45 heavy (non-hydrogen) atoms. The van der Waals surface area contributed by atoms with Crippen molar-refractivity contribution in [2.24, 2.45) is 0 Å². The maximum Gasteiger partial charge on any atom is 0.143 e. The van der Waals surface area contributed by atoms with Crippen LogP contribution in [-0.2, 0) is 0 Å². The lowest BCUT2D eigenvalue weighted by Crippen LogP contribution is -2.05. The van der Waals surface area contributed by atoms with Crippen LogP contribution in [0.1, 0.15) is 22.3 Å². The average Bonchev–Trinajstić information content (AvgIpc) is 3.68. The number of aryl methyl sites for hydroxylation is 2. The first-order chi connectivity index (χ1) is 22.0. The second-order valence-electron chi connectivity index (χ2n) is 9.62. The van der Waals surface area contributed by atoms with E-state index in [2.05, 4.69) is 79.6 Å². The lowest BCUT2D eigenvalue weighted by molar-refractivity contribution is 0.476. The Balaban J connectivity index is 1.46. The maximum absolute atomic E-state index is 6.52. The molecule has 0 N–H and O–H groups in total. The molecule has 0 atom stereocenters. The Morgan fingerprint density at radius 3 is 1.58 bits per heavy atom. The van der Waals surface area contributed by atoms with Crippen molar-refractivity contribution in [3.05, 3.63) is 95.1 Å². The first-order valence-electron chi connectivity index (χ1n) is 13.6. The van der Waals surface area contributed by atoms with Crippen molar-refractivity contribution < 1.29 is 4.74 Å². The van der Waals surface area contributed by atoms with Gasteiger partial charge in [0.05, 0.1) is 16.8 Å². The van der Waals surface area contributed by atoms with Gasteiger partial charge in [0.15, 0.2) is 0 Å². The normalized spacial score (nSPS) is 9.69. The van der Waals surface area contributed by atoms with E-state index in [1.54, 1.807) is 9.59 Å². The van der Waals surface area contributed by atoms with Crippen LogP contribution in [0.25, 0.3) is 33.4 Å². The standard InChI is InChI=1S/C38H20N6O/c1-5-7-9-11-17-29-26-37(28(4)23-36(29)44-41-33-21-15-16-22-34(33)42-44)45-38-24-27(3)35(25-30(38)18-12-10-8-6-2)43-39-31-19-13-14-20-32(31)40-43/h1-2,13-16,19-26H,3-4H3. The molecule has 0 aliphatic heterocycles. The monoisotopic (exact) mass is 576 g/mol. The number of rotatable bonds is 4.